The lowest BCUT2D eigenvalue weighted by Crippen LogP contribution is -2.32. The normalized spacial score (nSPS) is 15.6. The highest BCUT2D eigenvalue weighted by Crippen LogP contribution is 2.19. The van der Waals surface area contributed by atoms with E-state index in [1.165, 1.54) is 18.4 Å². The van der Waals surface area contributed by atoms with Gasteiger partial charge in [0.25, 0.3) is 0 Å². The number of aromatic nitrogens is 3. The lowest BCUT2D eigenvalue weighted by molar-refractivity contribution is 0.572. The molecule has 1 saturated heterocycles. The van der Waals surface area contributed by atoms with Gasteiger partial charge in [0, 0.05) is 18.7 Å². The van der Waals surface area contributed by atoms with E-state index in [1.807, 2.05) is 29.2 Å². The molecule has 16 heavy (non-hydrogen) atoms. The highest BCUT2D eigenvalue weighted by atomic mass is 15.7. The molecule has 0 bridgehead atoms. The Bertz CT molecular complexity index is 457. The fourth-order valence-corrected chi connectivity index (χ4v) is 2.13. The Balaban J connectivity index is 1.99. The number of hydrogen-bond acceptors (Lipinski definition) is 3. The summed E-state index contributed by atoms with van der Waals surface area (Å²) in [7, 11) is 0. The van der Waals surface area contributed by atoms with E-state index in [-0.39, 0.29) is 0 Å². The maximum Gasteiger partial charge on any atom is 0.112 e. The maximum absolute atomic E-state index is 4.17. The van der Waals surface area contributed by atoms with Crippen molar-refractivity contribution in [3.63, 3.8) is 0 Å². The Morgan fingerprint density at radius 2 is 1.75 bits per heavy atom. The molecule has 1 fully saturated rings. The van der Waals surface area contributed by atoms with Crippen molar-refractivity contribution in [3.05, 3.63) is 36.5 Å². The summed E-state index contributed by atoms with van der Waals surface area (Å²) in [5.74, 6) is 0. The number of hydrogen-bond donors (Lipinski definition) is 0. The van der Waals surface area contributed by atoms with Crippen molar-refractivity contribution in [2.45, 2.75) is 12.8 Å². The molecule has 0 unspecified atom stereocenters. The molecule has 1 aliphatic rings. The number of benzene rings is 1. The molecule has 82 valence electrons. The molecule has 1 aromatic heterocycles. The van der Waals surface area contributed by atoms with Crippen LogP contribution in [0.15, 0.2) is 36.5 Å². The van der Waals surface area contributed by atoms with Crippen molar-refractivity contribution in [2.75, 3.05) is 18.1 Å². The molecule has 0 atom stereocenters. The monoisotopic (exact) mass is 214 g/mol. The van der Waals surface area contributed by atoms with Crippen LogP contribution in [0.25, 0.3) is 11.3 Å². The first-order valence-electron chi connectivity index (χ1n) is 5.66. The van der Waals surface area contributed by atoms with Crippen molar-refractivity contribution in [1.29, 1.82) is 0 Å². The minimum Gasteiger partial charge on any atom is -0.295 e. The lowest BCUT2D eigenvalue weighted by atomic mass is 10.2. The summed E-state index contributed by atoms with van der Waals surface area (Å²) >= 11 is 0. The summed E-state index contributed by atoms with van der Waals surface area (Å²) in [4.78, 5) is 1.93. The molecule has 0 radical (unpaired) electrons. The molecule has 0 saturated carbocycles. The molecule has 2 aromatic rings. The largest absolute Gasteiger partial charge is 0.295 e. The van der Waals surface area contributed by atoms with E-state index in [1.54, 1.807) is 0 Å². The minimum absolute atomic E-state index is 1.07. The van der Waals surface area contributed by atoms with Crippen LogP contribution >= 0.6 is 0 Å². The van der Waals surface area contributed by atoms with Crippen molar-refractivity contribution >= 4 is 0 Å². The van der Waals surface area contributed by atoms with Gasteiger partial charge in [-0.15, -0.1) is 5.10 Å². The van der Waals surface area contributed by atoms with E-state index in [0.29, 0.717) is 0 Å². The standard InChI is InChI=1S/C12H14N4/c1-2-6-11(7-3-1)12-10-13-14-16(12)15-8-4-5-9-15/h1-3,6-7,10H,4-5,8-9H2. The van der Waals surface area contributed by atoms with E-state index in [2.05, 4.69) is 27.5 Å². The summed E-state index contributed by atoms with van der Waals surface area (Å²) in [6, 6.07) is 10.3. The van der Waals surface area contributed by atoms with Gasteiger partial charge in [-0.1, -0.05) is 30.3 Å². The van der Waals surface area contributed by atoms with Gasteiger partial charge in [-0.3, -0.25) is 5.01 Å². The Kier molecular flexibility index (Phi) is 2.33. The van der Waals surface area contributed by atoms with Gasteiger partial charge >= 0.3 is 0 Å². The second-order valence-electron chi connectivity index (χ2n) is 4.04. The van der Waals surface area contributed by atoms with Gasteiger partial charge in [0.05, 0.1) is 6.20 Å². The smallest absolute Gasteiger partial charge is 0.112 e. The Labute approximate surface area is 94.5 Å². The molecular formula is C12H14N4. The van der Waals surface area contributed by atoms with Gasteiger partial charge in [0.1, 0.15) is 5.69 Å². The van der Waals surface area contributed by atoms with E-state index in [0.717, 1.165) is 18.8 Å². The van der Waals surface area contributed by atoms with Gasteiger partial charge < -0.3 is 0 Å². The Morgan fingerprint density at radius 1 is 1.00 bits per heavy atom. The topological polar surface area (TPSA) is 34.0 Å². The second-order valence-corrected chi connectivity index (χ2v) is 4.04. The Hall–Kier alpha value is -1.84. The summed E-state index contributed by atoms with van der Waals surface area (Å²) in [6.07, 6.45) is 4.32. The molecule has 0 aliphatic carbocycles. The first-order chi connectivity index (χ1) is 7.95. The minimum atomic E-state index is 1.07. The van der Waals surface area contributed by atoms with Crippen molar-refractivity contribution < 1.29 is 0 Å². The van der Waals surface area contributed by atoms with Crippen LogP contribution in [0, 0.1) is 0 Å². The zero-order chi connectivity index (χ0) is 10.8. The molecule has 4 nitrogen and oxygen atoms in total. The first kappa shape index (κ1) is 9.39. The third-order valence-electron chi connectivity index (χ3n) is 2.95. The van der Waals surface area contributed by atoms with Gasteiger partial charge in [0.15, 0.2) is 0 Å². The summed E-state index contributed by atoms with van der Waals surface area (Å²) in [5.41, 5.74) is 2.24. The molecule has 1 aromatic carbocycles. The third-order valence-corrected chi connectivity index (χ3v) is 2.95. The SMILES string of the molecule is c1ccc(-c2cnnn2N2CCCC2)cc1. The molecule has 2 heterocycles. The number of rotatable bonds is 2. The second kappa shape index (κ2) is 3.96. The van der Waals surface area contributed by atoms with E-state index in [9.17, 15) is 0 Å². The van der Waals surface area contributed by atoms with Crippen LogP contribution in [-0.4, -0.2) is 28.2 Å². The quantitative estimate of drug-likeness (QED) is 0.762. The predicted octanol–water partition coefficient (Wildman–Crippen LogP) is 1.68. The summed E-state index contributed by atoms with van der Waals surface area (Å²) < 4.78 is 0. The fraction of sp³-hybridized carbons (Fsp3) is 0.333. The molecule has 0 spiro atoms. The molecule has 0 amide bonds. The summed E-state index contributed by atoms with van der Waals surface area (Å²) in [5, 5.41) is 10.4. The molecule has 1 aliphatic heterocycles. The highest BCUT2D eigenvalue weighted by Gasteiger charge is 2.16. The van der Waals surface area contributed by atoms with Crippen molar-refractivity contribution in [3.8, 4) is 11.3 Å². The van der Waals surface area contributed by atoms with Crippen LogP contribution in [0.5, 0.6) is 0 Å². The maximum atomic E-state index is 4.17. The van der Waals surface area contributed by atoms with Gasteiger partial charge in [0.2, 0.25) is 0 Å². The molecule has 0 N–H and O–H groups in total. The van der Waals surface area contributed by atoms with E-state index >= 15 is 0 Å². The Morgan fingerprint density at radius 3 is 2.50 bits per heavy atom. The van der Waals surface area contributed by atoms with Crippen LogP contribution in [0.1, 0.15) is 12.8 Å². The van der Waals surface area contributed by atoms with Crippen LogP contribution < -0.4 is 5.01 Å². The lowest BCUT2D eigenvalue weighted by Gasteiger charge is -2.18. The van der Waals surface area contributed by atoms with E-state index in [4.69, 9.17) is 0 Å². The zero-order valence-corrected chi connectivity index (χ0v) is 9.08. The molecule has 4 heteroatoms. The van der Waals surface area contributed by atoms with Gasteiger partial charge in [-0.25, -0.2) is 0 Å². The van der Waals surface area contributed by atoms with Crippen LogP contribution in [0.3, 0.4) is 0 Å². The zero-order valence-electron chi connectivity index (χ0n) is 9.08. The summed E-state index contributed by atoms with van der Waals surface area (Å²) in [6.45, 7) is 2.15. The van der Waals surface area contributed by atoms with Crippen molar-refractivity contribution in [1.82, 2.24) is 15.1 Å². The molecule has 3 rings (SSSR count). The van der Waals surface area contributed by atoms with Crippen LogP contribution in [0.4, 0.5) is 0 Å². The predicted molar refractivity (Wildman–Crippen MR) is 62.6 cm³/mol. The fourth-order valence-electron chi connectivity index (χ4n) is 2.13. The van der Waals surface area contributed by atoms with Gasteiger partial charge in [-0.2, -0.15) is 4.79 Å². The first-order valence-corrected chi connectivity index (χ1v) is 5.66. The van der Waals surface area contributed by atoms with Gasteiger partial charge in [-0.05, 0) is 18.1 Å². The van der Waals surface area contributed by atoms with Crippen LogP contribution in [0.2, 0.25) is 0 Å². The highest BCUT2D eigenvalue weighted by molar-refractivity contribution is 5.58. The van der Waals surface area contributed by atoms with E-state index < -0.39 is 0 Å². The number of nitrogens with zero attached hydrogens (tertiary/aromatic N) is 4. The average molecular weight is 214 g/mol. The molecular weight excluding hydrogens is 200 g/mol. The third kappa shape index (κ3) is 1.56. The van der Waals surface area contributed by atoms with Crippen LogP contribution in [-0.2, 0) is 0 Å². The average Bonchev–Trinajstić information content (AvgIpc) is 3.01. The van der Waals surface area contributed by atoms with Crippen molar-refractivity contribution in [2.24, 2.45) is 0 Å².